The lowest BCUT2D eigenvalue weighted by molar-refractivity contribution is -0.157. The Labute approximate surface area is 524 Å². The van der Waals surface area contributed by atoms with Gasteiger partial charge in [0, 0.05) is 104 Å². The summed E-state index contributed by atoms with van der Waals surface area (Å²) < 4.78 is 71.6. The molecule has 0 spiro atoms. The molecule has 2 aliphatic rings. The van der Waals surface area contributed by atoms with Gasteiger partial charge in [0.1, 0.15) is 52.7 Å². The Morgan fingerprint density at radius 1 is 0.506 bits per heavy atom. The van der Waals surface area contributed by atoms with Gasteiger partial charge in [0.2, 0.25) is 0 Å². The third-order valence-corrected chi connectivity index (χ3v) is 14.0. The SMILES string of the molecule is CC(=O)C(C)(C)C.CC(C)(C)C(=O)C1CC1.CC(C)(C)C(=O)CC(F)(F)F.CC(C)(C)C(=O)CC1CC1.CC(C)(C)C(=O)CS(C)(=O)=O.CCC(=O)C(C)(C)C.COCCC(=O)C(C)(C)C.CS(=O)CC(=O)C(C)(C)C.CSCC(=O)C(C)(C)C. The standard InChI is InChI=1S/C9H16O.C8H16O2.C8H14O.C7H11F3O.C7H14O3S.C7H14O2S.C7H14OS.C7H14O.C6H12O/c1-9(2,3)8(10)6-7-4-5-7;1-8(2,3)7(9)5-6-10-4;1-8(2,3)7(9)6-4-5-6;1-6(2,3)5(11)4-7(8,9)10;1-7(2,3)6(8)5-11(4,9)10;1-7(2,3)6(8)5-10(4)9;1-7(2,3)6(8)5-9-4;1-5-6(8)7(2,3)4;1-5(7)6(2,3)4/h7H,4-6H2,1-3H3;5-6H2,1-4H3;6H,4-5H2,1-3H3;4H2,1-3H3;5H2,1-4H3;5H2,1-4H3;5H2,1-4H3;5H2,1-4H3;1-4H3. The molecule has 19 heteroatoms. The van der Waals surface area contributed by atoms with Gasteiger partial charge in [-0.1, -0.05) is 194 Å². The van der Waals surface area contributed by atoms with Crippen molar-refractivity contribution in [1.82, 2.24) is 0 Å². The smallest absolute Gasteiger partial charge is 0.384 e. The van der Waals surface area contributed by atoms with Crippen LogP contribution in [0.15, 0.2) is 0 Å². The van der Waals surface area contributed by atoms with Crippen molar-refractivity contribution in [2.75, 3.05) is 49.7 Å². The Bertz CT molecular complexity index is 2170. The average Bonchev–Trinajstić information content (AvgIpc) is 4.19. The Kier molecular flexibility index (Phi) is 46.0. The van der Waals surface area contributed by atoms with Crippen LogP contribution in [0.1, 0.15) is 252 Å². The number of sulfone groups is 1. The summed E-state index contributed by atoms with van der Waals surface area (Å²) in [5.74, 6) is 2.73. The number of hydrogen-bond donors (Lipinski definition) is 0. The summed E-state index contributed by atoms with van der Waals surface area (Å²) in [6, 6.07) is 0. The van der Waals surface area contributed by atoms with Gasteiger partial charge in [0.15, 0.2) is 21.4 Å². The third kappa shape index (κ3) is 65.5. The van der Waals surface area contributed by atoms with E-state index >= 15 is 0 Å². The van der Waals surface area contributed by atoms with Crippen molar-refractivity contribution in [2.45, 2.75) is 258 Å². The molecule has 0 heterocycles. The second-order valence-electron chi connectivity index (χ2n) is 31.2. The van der Waals surface area contributed by atoms with Crippen molar-refractivity contribution >= 4 is 84.4 Å². The molecule has 13 nitrogen and oxygen atoms in total. The first-order valence-corrected chi connectivity index (χ1v) is 34.5. The lowest BCUT2D eigenvalue weighted by Gasteiger charge is -2.17. The molecule has 2 aliphatic carbocycles. The van der Waals surface area contributed by atoms with Crippen molar-refractivity contribution in [3.8, 4) is 0 Å². The van der Waals surface area contributed by atoms with Crippen LogP contribution in [0.3, 0.4) is 0 Å². The Hall–Kier alpha value is -2.77. The van der Waals surface area contributed by atoms with Crippen LogP contribution in [0.4, 0.5) is 13.2 Å². The largest absolute Gasteiger partial charge is 0.395 e. The maximum absolute atomic E-state index is 11.6. The topological polar surface area (TPSA) is 214 Å². The monoisotopic (exact) mass is 1280 g/mol. The number of Topliss-reactive ketones (excluding diaryl/α,β-unsaturated/α-hetero) is 9. The van der Waals surface area contributed by atoms with Crippen LogP contribution in [-0.4, -0.2) is 121 Å². The molecule has 1 atom stereocenters. The zero-order chi connectivity index (χ0) is 70.3. The number of alkyl halides is 3. The van der Waals surface area contributed by atoms with E-state index in [0.717, 1.165) is 31.4 Å². The maximum atomic E-state index is 11.6. The van der Waals surface area contributed by atoms with Crippen LogP contribution in [0.25, 0.3) is 0 Å². The second kappa shape index (κ2) is 40.8. The number of thioether (sulfide) groups is 1. The molecule has 506 valence electrons. The Morgan fingerprint density at radius 2 is 0.835 bits per heavy atom. The number of rotatable bonds is 14. The molecule has 0 N–H and O–H groups in total. The highest BCUT2D eigenvalue weighted by molar-refractivity contribution is 7.99. The van der Waals surface area contributed by atoms with Gasteiger partial charge < -0.3 is 4.74 Å². The van der Waals surface area contributed by atoms with Crippen LogP contribution >= 0.6 is 11.8 Å². The number of hydrogen-bond acceptors (Lipinski definition) is 14. The van der Waals surface area contributed by atoms with E-state index in [9.17, 15) is 68.9 Å². The van der Waals surface area contributed by atoms with Gasteiger partial charge in [-0.3, -0.25) is 47.4 Å². The molecular formula is C66H125F3O13S3. The van der Waals surface area contributed by atoms with E-state index in [0.29, 0.717) is 54.3 Å². The highest BCUT2D eigenvalue weighted by atomic mass is 32.2. The number of carbonyl (C=O) groups is 9. The predicted molar refractivity (Wildman–Crippen MR) is 350 cm³/mol. The maximum Gasteiger partial charge on any atom is 0.395 e. The molecule has 2 rings (SSSR count). The minimum atomic E-state index is -4.37. The van der Waals surface area contributed by atoms with Crippen LogP contribution in [0, 0.1) is 60.6 Å². The average molecular weight is 1280 g/mol. The van der Waals surface area contributed by atoms with E-state index in [1.54, 1.807) is 52.8 Å². The van der Waals surface area contributed by atoms with Crippen LogP contribution in [-0.2, 0) is 68.5 Å². The minimum Gasteiger partial charge on any atom is -0.384 e. The van der Waals surface area contributed by atoms with Gasteiger partial charge in [-0.25, -0.2) is 8.42 Å². The van der Waals surface area contributed by atoms with Crippen LogP contribution < -0.4 is 0 Å². The highest BCUT2D eigenvalue weighted by Crippen LogP contribution is 2.37. The van der Waals surface area contributed by atoms with Crippen LogP contribution in [0.5, 0.6) is 0 Å². The van der Waals surface area contributed by atoms with E-state index < -0.39 is 49.8 Å². The van der Waals surface area contributed by atoms with Gasteiger partial charge in [0.25, 0.3) is 0 Å². The summed E-state index contributed by atoms with van der Waals surface area (Å²) in [7, 11) is -2.54. The molecule has 85 heavy (non-hydrogen) atoms. The first-order valence-electron chi connectivity index (χ1n) is 29.3. The van der Waals surface area contributed by atoms with Gasteiger partial charge >= 0.3 is 6.18 Å². The van der Waals surface area contributed by atoms with Crippen molar-refractivity contribution < 1.29 is 73.7 Å². The van der Waals surface area contributed by atoms with Gasteiger partial charge in [0.05, 0.1) is 18.1 Å². The van der Waals surface area contributed by atoms with Crippen molar-refractivity contribution in [1.29, 1.82) is 0 Å². The van der Waals surface area contributed by atoms with E-state index in [-0.39, 0.29) is 72.5 Å². The first-order chi connectivity index (χ1) is 37.0. The van der Waals surface area contributed by atoms with Crippen molar-refractivity contribution in [3.63, 3.8) is 0 Å². The molecule has 0 aromatic heterocycles. The fourth-order valence-corrected chi connectivity index (χ4v) is 7.01. The molecule has 2 saturated carbocycles. The number of halogens is 3. The summed E-state index contributed by atoms with van der Waals surface area (Å²) in [5, 5.41) is 0. The summed E-state index contributed by atoms with van der Waals surface area (Å²) in [5.41, 5.74) is -2.62. The van der Waals surface area contributed by atoms with E-state index in [4.69, 9.17) is 4.74 Å². The minimum absolute atomic E-state index is 0.0633. The van der Waals surface area contributed by atoms with E-state index in [1.165, 1.54) is 33.6 Å². The molecule has 0 aromatic carbocycles. The van der Waals surface area contributed by atoms with Crippen molar-refractivity contribution in [3.05, 3.63) is 0 Å². The number of ketones is 9. The quantitative estimate of drug-likeness (QED) is 0.158. The summed E-state index contributed by atoms with van der Waals surface area (Å²) >= 11 is 1.59. The lowest BCUT2D eigenvalue weighted by Crippen LogP contribution is -2.27. The molecule has 0 amide bonds. The van der Waals surface area contributed by atoms with E-state index in [1.807, 2.05) is 159 Å². The lowest BCUT2D eigenvalue weighted by atomic mass is 9.88. The van der Waals surface area contributed by atoms with E-state index in [2.05, 4.69) is 0 Å². The molecule has 0 radical (unpaired) electrons. The predicted octanol–water partition coefficient (Wildman–Crippen LogP) is 15.8. The van der Waals surface area contributed by atoms with Gasteiger partial charge in [-0.2, -0.15) is 24.9 Å². The fraction of sp³-hybridized carbons (Fsp3) is 0.864. The summed E-state index contributed by atoms with van der Waals surface area (Å²) in [6.45, 7) is 54.3. The molecule has 0 saturated heterocycles. The summed E-state index contributed by atoms with van der Waals surface area (Å²) in [4.78, 5) is 99.0. The van der Waals surface area contributed by atoms with Gasteiger partial charge in [-0.05, 0) is 44.8 Å². The highest BCUT2D eigenvalue weighted by Gasteiger charge is 2.37. The number of carbonyl (C=O) groups excluding carboxylic acids is 9. The van der Waals surface area contributed by atoms with Gasteiger partial charge in [-0.15, -0.1) is 0 Å². The summed E-state index contributed by atoms with van der Waals surface area (Å²) in [6.07, 6.45) is 5.70. The zero-order valence-corrected chi connectivity index (χ0v) is 62.3. The van der Waals surface area contributed by atoms with Crippen LogP contribution in [0.2, 0.25) is 0 Å². The molecule has 0 aromatic rings. The third-order valence-electron chi connectivity index (χ3n) is 12.0. The molecule has 1 unspecified atom stereocenters. The first kappa shape index (κ1) is 95.9. The molecule has 0 bridgehead atoms. The Balaban J connectivity index is -0.000000161. The number of methoxy groups -OCH3 is 1. The molecular weight excluding hydrogens is 1150 g/mol. The molecule has 0 aliphatic heterocycles. The van der Waals surface area contributed by atoms with Crippen molar-refractivity contribution in [2.24, 2.45) is 60.6 Å². The fourth-order valence-electron chi connectivity index (χ4n) is 4.60. The molecule has 2 fully saturated rings. The number of ether oxygens (including phenoxy) is 1. The zero-order valence-electron chi connectivity index (χ0n) is 59.8. The Morgan fingerprint density at radius 3 is 0.965 bits per heavy atom. The normalized spacial score (nSPS) is 14.1. The second-order valence-corrected chi connectivity index (χ2v) is 35.6.